The van der Waals surface area contributed by atoms with Crippen molar-refractivity contribution >= 4 is 35.1 Å². The molecule has 0 aliphatic carbocycles. The summed E-state index contributed by atoms with van der Waals surface area (Å²) in [5, 5.41) is 9.98. The van der Waals surface area contributed by atoms with Gasteiger partial charge in [0.2, 0.25) is 11.6 Å². The largest absolute Gasteiger partial charge is 0.496 e. The molecule has 0 spiro atoms. The summed E-state index contributed by atoms with van der Waals surface area (Å²) >= 11 is 0. The van der Waals surface area contributed by atoms with E-state index in [4.69, 9.17) is 30.3 Å². The van der Waals surface area contributed by atoms with Gasteiger partial charge in [0, 0.05) is 43.9 Å². The fourth-order valence-electron chi connectivity index (χ4n) is 7.93. The maximum Gasteiger partial charge on any atom is 0.373 e. The zero-order valence-corrected chi connectivity index (χ0v) is 31.8. The Morgan fingerprint density at radius 2 is 1.61 bits per heavy atom. The molecule has 2 saturated heterocycles. The summed E-state index contributed by atoms with van der Waals surface area (Å²) in [7, 11) is 1.73. The van der Waals surface area contributed by atoms with E-state index in [-0.39, 0.29) is 12.3 Å². The second kappa shape index (κ2) is 17.2. The van der Waals surface area contributed by atoms with Crippen LogP contribution in [0.3, 0.4) is 0 Å². The van der Waals surface area contributed by atoms with Gasteiger partial charge in [-0.25, -0.2) is 9.83 Å². The second-order valence-electron chi connectivity index (χ2n) is 14.5. The van der Waals surface area contributed by atoms with Crippen LogP contribution in [0.2, 0.25) is 0 Å². The molecule has 0 unspecified atom stereocenters. The minimum atomic E-state index is -0.239. The Kier molecular flexibility index (Phi) is 12.2. The molecule has 5 aromatic rings. The van der Waals surface area contributed by atoms with Gasteiger partial charge in [-0.2, -0.15) is 9.59 Å². The number of benzene rings is 4. The first-order valence-corrected chi connectivity index (χ1v) is 18.6. The second-order valence-corrected chi connectivity index (χ2v) is 14.5. The first kappa shape index (κ1) is 38.4. The zero-order valence-electron chi connectivity index (χ0n) is 31.8. The third kappa shape index (κ3) is 8.38. The lowest BCUT2D eigenvalue weighted by molar-refractivity contribution is -0.191. The van der Waals surface area contributed by atoms with Crippen molar-refractivity contribution in [3.8, 4) is 28.3 Å². The lowest BCUT2D eigenvalue weighted by atomic mass is 9.91. The van der Waals surface area contributed by atoms with E-state index in [9.17, 15) is 5.11 Å². The fourth-order valence-corrected chi connectivity index (χ4v) is 7.93. The molecular weight excluding hydrogens is 677 g/mol. The van der Waals surface area contributed by atoms with Crippen molar-refractivity contribution in [1.29, 1.82) is 0 Å². The molecule has 0 saturated carbocycles. The molecule has 2 aliphatic rings. The molecule has 0 amide bonds. The van der Waals surface area contributed by atoms with Crippen molar-refractivity contribution in [2.24, 2.45) is 5.92 Å². The molecule has 9 nitrogen and oxygen atoms in total. The Morgan fingerprint density at radius 3 is 2.30 bits per heavy atom. The Morgan fingerprint density at radius 1 is 0.926 bits per heavy atom. The number of fused-ring (bicyclic) bond motifs is 1. The number of aryl methyl sites for hydroxylation is 1. The van der Waals surface area contributed by atoms with Crippen LogP contribution in [-0.2, 0) is 22.7 Å². The number of aliphatic hydroxyl groups is 1. The summed E-state index contributed by atoms with van der Waals surface area (Å²) in [5.41, 5.74) is 13.0. The van der Waals surface area contributed by atoms with Gasteiger partial charge < -0.3 is 14.3 Å². The van der Waals surface area contributed by atoms with Crippen LogP contribution >= 0.6 is 0 Å². The number of aromatic nitrogens is 1. The molecule has 9 heteroatoms. The minimum Gasteiger partial charge on any atom is -0.496 e. The lowest BCUT2D eigenvalue weighted by Gasteiger charge is -2.18. The number of rotatable bonds is 10. The van der Waals surface area contributed by atoms with Gasteiger partial charge in [0.05, 0.1) is 25.3 Å². The van der Waals surface area contributed by atoms with Gasteiger partial charge in [-0.15, -0.1) is 0 Å². The number of ether oxygens (including phenoxy) is 1. The summed E-state index contributed by atoms with van der Waals surface area (Å²) in [5.74, 6) is 2.17. The van der Waals surface area contributed by atoms with Gasteiger partial charge in [-0.05, 0) is 115 Å². The molecule has 1 N–H and O–H groups in total. The third-order valence-electron chi connectivity index (χ3n) is 11.0. The van der Waals surface area contributed by atoms with Crippen LogP contribution in [0, 0.1) is 33.3 Å². The summed E-state index contributed by atoms with van der Waals surface area (Å²) in [4.78, 5) is 29.8. The van der Waals surface area contributed by atoms with E-state index < -0.39 is 0 Å². The van der Waals surface area contributed by atoms with Crippen molar-refractivity contribution in [3.05, 3.63) is 111 Å². The van der Waals surface area contributed by atoms with Crippen LogP contribution in [-0.4, -0.2) is 65.4 Å². The van der Waals surface area contributed by atoms with Crippen molar-refractivity contribution in [3.63, 3.8) is 0 Å². The molecule has 4 aromatic carbocycles. The molecule has 0 bridgehead atoms. The fraction of sp³-hybridized carbons (Fsp3) is 0.356. The maximum absolute atomic E-state index is 9.98. The number of nitrogens with zero attached hydrogens (tertiary/aromatic N) is 4. The molecule has 7 rings (SSSR count). The first-order chi connectivity index (χ1) is 26.2. The Bertz CT molecular complexity index is 2240. The van der Waals surface area contributed by atoms with E-state index in [0.29, 0.717) is 23.7 Å². The standard InChI is InChI=1S/C44H48N4O3.CO2/c1-7-31-16-18-47(24-31)25-32-21-40(45-5)43-41(22-32)46-44(51-43)39-13-9-12-38(30(39)4)37-11-8-10-33(29(37)3)14-15-34-23-42(50-6)35(20-28(34)2)26-48-19-17-36(49)27-48;2-1-3/h8-15,20-23,31,36,49H,7,16-19,24-27H2,1-4,6H3;/b15-14+;/t31-,36-;/m1./s1. The number of oxazole rings is 1. The third-order valence-corrected chi connectivity index (χ3v) is 11.0. The first-order valence-electron chi connectivity index (χ1n) is 18.6. The highest BCUT2D eigenvalue weighted by Crippen LogP contribution is 2.38. The van der Waals surface area contributed by atoms with Crippen LogP contribution < -0.4 is 4.74 Å². The zero-order chi connectivity index (χ0) is 38.4. The number of likely N-dealkylation sites (tertiary alicyclic amines) is 2. The number of β-amino-alcohol motifs (C(OH)–C–C–N with tert-alkyl or cyclic N) is 1. The topological polar surface area (TPSA) is 100 Å². The van der Waals surface area contributed by atoms with Gasteiger partial charge in [0.25, 0.3) is 0 Å². The SMILES string of the molecule is O=C=O.[C-]#[N+]c1cc(CN2CC[C@@H](CC)C2)cc2nc(-c3cccc(-c4cccc(/C=C/c5cc(OC)c(CN6CC[C@@H](O)C6)cc5C)c4C)c3C)oc12. The number of carbonyl (C=O) groups excluding carboxylic acids is 2. The lowest BCUT2D eigenvalue weighted by Crippen LogP contribution is -2.21. The number of hydrogen-bond donors (Lipinski definition) is 1. The molecule has 2 aliphatic heterocycles. The Labute approximate surface area is 317 Å². The van der Waals surface area contributed by atoms with E-state index in [0.717, 1.165) is 101 Å². The average molecular weight is 725 g/mol. The Hall–Kier alpha value is -5.36. The van der Waals surface area contributed by atoms with Crippen LogP contribution in [0.5, 0.6) is 5.75 Å². The molecular formula is C45H48N4O5. The highest BCUT2D eigenvalue weighted by atomic mass is 16.5. The normalized spacial score (nSPS) is 17.4. The van der Waals surface area contributed by atoms with Crippen molar-refractivity contribution < 1.29 is 23.8 Å². The summed E-state index contributed by atoms with van der Waals surface area (Å²) in [6.07, 6.45) is 7.65. The predicted molar refractivity (Wildman–Crippen MR) is 212 cm³/mol. The smallest absolute Gasteiger partial charge is 0.373 e. The highest BCUT2D eigenvalue weighted by Gasteiger charge is 2.24. The number of methoxy groups -OCH3 is 1. The van der Waals surface area contributed by atoms with Gasteiger partial charge in [-0.3, -0.25) is 9.80 Å². The number of hydrogen-bond acceptors (Lipinski definition) is 8. The summed E-state index contributed by atoms with van der Waals surface area (Å²) in [6.45, 7) is 22.0. The predicted octanol–water partition coefficient (Wildman–Crippen LogP) is 9.03. The average Bonchev–Trinajstić information content (AvgIpc) is 3.92. The van der Waals surface area contributed by atoms with Gasteiger partial charge in [-0.1, -0.05) is 61.9 Å². The highest BCUT2D eigenvalue weighted by molar-refractivity contribution is 5.90. The monoisotopic (exact) mass is 724 g/mol. The van der Waals surface area contributed by atoms with E-state index in [1.165, 1.54) is 24.0 Å². The molecule has 54 heavy (non-hydrogen) atoms. The van der Waals surface area contributed by atoms with Crippen molar-refractivity contribution in [2.45, 2.75) is 66.2 Å². The van der Waals surface area contributed by atoms with E-state index in [2.05, 4.69) is 109 Å². The van der Waals surface area contributed by atoms with Crippen LogP contribution in [0.25, 0.3) is 50.7 Å². The van der Waals surface area contributed by atoms with E-state index in [1.807, 2.05) is 6.07 Å². The summed E-state index contributed by atoms with van der Waals surface area (Å²) in [6, 6.07) is 21.1. The van der Waals surface area contributed by atoms with Crippen LogP contribution in [0.1, 0.15) is 65.1 Å². The van der Waals surface area contributed by atoms with E-state index >= 15 is 0 Å². The quantitative estimate of drug-likeness (QED) is 0.113. The molecule has 1 aromatic heterocycles. The molecule has 278 valence electrons. The number of aliphatic hydroxyl groups excluding tert-OH is 1. The molecule has 3 heterocycles. The van der Waals surface area contributed by atoms with E-state index in [1.54, 1.807) is 7.11 Å². The van der Waals surface area contributed by atoms with Gasteiger partial charge in [0.15, 0.2) is 5.58 Å². The van der Waals surface area contributed by atoms with Crippen LogP contribution in [0.15, 0.2) is 65.1 Å². The van der Waals surface area contributed by atoms with Gasteiger partial charge in [0.1, 0.15) is 5.75 Å². The van der Waals surface area contributed by atoms with Crippen molar-refractivity contribution in [2.75, 3.05) is 33.3 Å². The van der Waals surface area contributed by atoms with Gasteiger partial charge >= 0.3 is 6.15 Å². The molecule has 2 atom stereocenters. The maximum atomic E-state index is 9.98. The summed E-state index contributed by atoms with van der Waals surface area (Å²) < 4.78 is 12.2. The Balaban J connectivity index is 0.00000160. The molecule has 0 radical (unpaired) electrons. The van der Waals surface area contributed by atoms with Crippen LogP contribution in [0.4, 0.5) is 5.69 Å². The minimum absolute atomic E-state index is 0.239. The molecule has 2 fully saturated rings. The van der Waals surface area contributed by atoms with Crippen molar-refractivity contribution in [1.82, 2.24) is 14.8 Å².